The molecule has 1 aliphatic rings. The number of nitrogens with one attached hydrogen (secondary N) is 1. The van der Waals surface area contributed by atoms with E-state index in [2.05, 4.69) is 0 Å². The summed E-state index contributed by atoms with van der Waals surface area (Å²) in [6.07, 6.45) is 0.782. The van der Waals surface area contributed by atoms with E-state index in [9.17, 15) is 4.39 Å². The molecule has 1 aliphatic heterocycles. The van der Waals surface area contributed by atoms with Gasteiger partial charge in [-0.25, -0.2) is 9.87 Å². The fraction of sp³-hybridized carbons (Fsp3) is 0.400. The van der Waals surface area contributed by atoms with E-state index in [-0.39, 0.29) is 6.54 Å². The van der Waals surface area contributed by atoms with Gasteiger partial charge in [0.25, 0.3) is 0 Å². The molecule has 1 aromatic carbocycles. The molecular formula is C10H12FNO3. The van der Waals surface area contributed by atoms with Crippen LogP contribution in [0.1, 0.15) is 12.0 Å². The lowest BCUT2D eigenvalue weighted by Crippen LogP contribution is -2.08. The molecule has 0 fully saturated rings. The average Bonchev–Trinajstić information content (AvgIpc) is 2.44. The van der Waals surface area contributed by atoms with Gasteiger partial charge in [-0.3, -0.25) is 0 Å². The Morgan fingerprint density at radius 1 is 1.27 bits per heavy atom. The zero-order chi connectivity index (χ0) is 10.7. The van der Waals surface area contributed by atoms with Crippen LogP contribution in [0.25, 0.3) is 0 Å². The maximum atomic E-state index is 13.4. The van der Waals surface area contributed by atoms with E-state index in [0.717, 1.165) is 6.42 Å². The van der Waals surface area contributed by atoms with Crippen LogP contribution < -0.4 is 15.0 Å². The summed E-state index contributed by atoms with van der Waals surface area (Å²) in [6, 6.07) is 2.83. The van der Waals surface area contributed by atoms with Crippen molar-refractivity contribution >= 4 is 0 Å². The topological polar surface area (TPSA) is 50.7 Å². The van der Waals surface area contributed by atoms with E-state index in [1.54, 1.807) is 6.07 Å². The SMILES string of the molecule is ONCc1cc2c(cc1F)OCCCO2. The number of fused-ring (bicyclic) bond motifs is 1. The third kappa shape index (κ3) is 2.19. The number of ether oxygens (including phenoxy) is 2. The molecule has 1 heterocycles. The van der Waals surface area contributed by atoms with Gasteiger partial charge in [0.15, 0.2) is 11.5 Å². The number of hydrogen-bond acceptors (Lipinski definition) is 4. The lowest BCUT2D eigenvalue weighted by molar-refractivity contribution is 0.160. The van der Waals surface area contributed by atoms with Crippen molar-refractivity contribution in [2.75, 3.05) is 13.2 Å². The minimum atomic E-state index is -0.416. The number of hydrogen-bond donors (Lipinski definition) is 2. The van der Waals surface area contributed by atoms with Gasteiger partial charge < -0.3 is 14.7 Å². The van der Waals surface area contributed by atoms with Crippen LogP contribution in [-0.4, -0.2) is 18.4 Å². The second kappa shape index (κ2) is 4.46. The Balaban J connectivity index is 2.33. The minimum Gasteiger partial charge on any atom is -0.490 e. The van der Waals surface area contributed by atoms with Gasteiger partial charge >= 0.3 is 0 Å². The molecule has 0 aromatic heterocycles. The molecule has 2 N–H and O–H groups in total. The highest BCUT2D eigenvalue weighted by Gasteiger charge is 2.14. The Labute approximate surface area is 86.6 Å². The molecule has 0 unspecified atom stereocenters. The van der Waals surface area contributed by atoms with Gasteiger partial charge in [0.2, 0.25) is 0 Å². The van der Waals surface area contributed by atoms with Gasteiger partial charge in [0, 0.05) is 24.6 Å². The summed E-state index contributed by atoms with van der Waals surface area (Å²) in [5, 5.41) is 8.52. The van der Waals surface area contributed by atoms with Crippen molar-refractivity contribution in [3.8, 4) is 11.5 Å². The molecule has 5 heteroatoms. The number of halogens is 1. The Morgan fingerprint density at radius 2 is 1.93 bits per heavy atom. The highest BCUT2D eigenvalue weighted by molar-refractivity contribution is 5.44. The van der Waals surface area contributed by atoms with Crippen molar-refractivity contribution in [3.05, 3.63) is 23.5 Å². The number of hydroxylamine groups is 1. The molecule has 1 aromatic rings. The van der Waals surface area contributed by atoms with Gasteiger partial charge in [-0.1, -0.05) is 0 Å². The summed E-state index contributed by atoms with van der Waals surface area (Å²) in [6.45, 7) is 1.14. The first-order valence-corrected chi connectivity index (χ1v) is 4.76. The molecule has 0 saturated carbocycles. The Hall–Kier alpha value is -1.33. The van der Waals surface area contributed by atoms with Crippen LogP contribution in [0.15, 0.2) is 12.1 Å². The Morgan fingerprint density at radius 3 is 2.60 bits per heavy atom. The van der Waals surface area contributed by atoms with Gasteiger partial charge in [0.05, 0.1) is 13.2 Å². The first-order chi connectivity index (χ1) is 7.31. The van der Waals surface area contributed by atoms with Crippen LogP contribution in [0.5, 0.6) is 11.5 Å². The van der Waals surface area contributed by atoms with E-state index in [0.29, 0.717) is 30.3 Å². The zero-order valence-corrected chi connectivity index (χ0v) is 8.12. The van der Waals surface area contributed by atoms with Crippen molar-refractivity contribution in [2.24, 2.45) is 0 Å². The van der Waals surface area contributed by atoms with Crippen LogP contribution in [0.4, 0.5) is 4.39 Å². The highest BCUT2D eigenvalue weighted by Crippen LogP contribution is 2.32. The molecule has 0 saturated heterocycles. The molecule has 0 spiro atoms. The van der Waals surface area contributed by atoms with Crippen LogP contribution in [0, 0.1) is 5.82 Å². The fourth-order valence-corrected chi connectivity index (χ4v) is 1.45. The van der Waals surface area contributed by atoms with Crippen molar-refractivity contribution in [1.82, 2.24) is 5.48 Å². The molecular weight excluding hydrogens is 201 g/mol. The molecule has 0 amide bonds. The predicted molar refractivity (Wildman–Crippen MR) is 50.6 cm³/mol. The first-order valence-electron chi connectivity index (χ1n) is 4.76. The average molecular weight is 213 g/mol. The second-order valence-corrected chi connectivity index (χ2v) is 3.28. The largest absolute Gasteiger partial charge is 0.490 e. The fourth-order valence-electron chi connectivity index (χ4n) is 1.45. The van der Waals surface area contributed by atoms with Gasteiger partial charge in [0.1, 0.15) is 5.82 Å². The first kappa shape index (κ1) is 10.2. The molecule has 0 aliphatic carbocycles. The van der Waals surface area contributed by atoms with Gasteiger partial charge in [-0.05, 0) is 6.07 Å². The van der Waals surface area contributed by atoms with Crippen molar-refractivity contribution < 1.29 is 19.1 Å². The molecule has 0 atom stereocenters. The second-order valence-electron chi connectivity index (χ2n) is 3.28. The lowest BCUT2D eigenvalue weighted by Gasteiger charge is -2.09. The van der Waals surface area contributed by atoms with Crippen LogP contribution in [0.2, 0.25) is 0 Å². The van der Waals surface area contributed by atoms with E-state index in [1.807, 2.05) is 5.48 Å². The molecule has 2 rings (SSSR count). The normalized spacial score (nSPS) is 14.8. The molecule has 15 heavy (non-hydrogen) atoms. The molecule has 0 bridgehead atoms. The summed E-state index contributed by atoms with van der Waals surface area (Å²) in [7, 11) is 0. The number of benzene rings is 1. The molecule has 0 radical (unpaired) electrons. The maximum absolute atomic E-state index is 13.4. The summed E-state index contributed by atoms with van der Waals surface area (Å²) in [5.41, 5.74) is 2.26. The summed E-state index contributed by atoms with van der Waals surface area (Å²) in [4.78, 5) is 0. The van der Waals surface area contributed by atoms with Crippen LogP contribution in [-0.2, 0) is 6.54 Å². The highest BCUT2D eigenvalue weighted by atomic mass is 19.1. The van der Waals surface area contributed by atoms with Crippen LogP contribution in [0.3, 0.4) is 0 Å². The van der Waals surface area contributed by atoms with E-state index in [4.69, 9.17) is 14.7 Å². The molecule has 82 valence electrons. The van der Waals surface area contributed by atoms with Gasteiger partial charge in [-0.15, -0.1) is 0 Å². The van der Waals surface area contributed by atoms with Crippen molar-refractivity contribution in [3.63, 3.8) is 0 Å². The van der Waals surface area contributed by atoms with E-state index < -0.39 is 5.82 Å². The number of rotatable bonds is 2. The van der Waals surface area contributed by atoms with E-state index >= 15 is 0 Å². The molecule has 4 nitrogen and oxygen atoms in total. The monoisotopic (exact) mass is 213 g/mol. The lowest BCUT2D eigenvalue weighted by atomic mass is 10.2. The maximum Gasteiger partial charge on any atom is 0.164 e. The minimum absolute atomic E-state index is 0.0441. The standard InChI is InChI=1S/C10H12FNO3/c11-8-5-10-9(4-7(8)6-12-13)14-2-1-3-15-10/h4-5,12-13H,1-3,6H2. The summed E-state index contributed by atoms with van der Waals surface area (Å²) in [5.74, 6) is 0.534. The third-order valence-corrected chi connectivity index (χ3v) is 2.19. The zero-order valence-electron chi connectivity index (χ0n) is 8.12. The third-order valence-electron chi connectivity index (χ3n) is 2.19. The predicted octanol–water partition coefficient (Wildman–Crippen LogP) is 1.47. The van der Waals surface area contributed by atoms with Crippen LogP contribution >= 0.6 is 0 Å². The van der Waals surface area contributed by atoms with Crippen molar-refractivity contribution in [2.45, 2.75) is 13.0 Å². The Kier molecular flexibility index (Phi) is 3.03. The van der Waals surface area contributed by atoms with E-state index in [1.165, 1.54) is 6.07 Å². The smallest absolute Gasteiger partial charge is 0.164 e. The van der Waals surface area contributed by atoms with Crippen molar-refractivity contribution in [1.29, 1.82) is 0 Å². The summed E-state index contributed by atoms with van der Waals surface area (Å²) >= 11 is 0. The van der Waals surface area contributed by atoms with Gasteiger partial charge in [-0.2, -0.15) is 0 Å². The summed E-state index contributed by atoms with van der Waals surface area (Å²) < 4.78 is 24.1. The quantitative estimate of drug-likeness (QED) is 0.730. The Bertz CT molecular complexity index is 357.